The van der Waals surface area contributed by atoms with Crippen LogP contribution in [0.25, 0.3) is 10.1 Å². The minimum atomic E-state index is -0.914. The summed E-state index contributed by atoms with van der Waals surface area (Å²) in [7, 11) is 0. The molecule has 0 fully saturated rings. The molecule has 108 valence electrons. The molecule has 0 radical (unpaired) electrons. The van der Waals surface area contributed by atoms with Crippen LogP contribution in [0.2, 0.25) is 5.02 Å². The lowest BCUT2D eigenvalue weighted by molar-refractivity contribution is 0.0616. The van der Waals surface area contributed by atoms with E-state index in [1.54, 1.807) is 11.3 Å². The van der Waals surface area contributed by atoms with Crippen LogP contribution in [0.3, 0.4) is 0 Å². The first-order valence-corrected chi connectivity index (χ1v) is 8.12. The van der Waals surface area contributed by atoms with Crippen molar-refractivity contribution < 1.29 is 5.11 Å². The normalized spacial score (nSPS) is 14.3. The maximum Gasteiger partial charge on any atom is 0.100 e. The minimum absolute atomic E-state index is 0.513. The third kappa shape index (κ3) is 2.98. The highest BCUT2D eigenvalue weighted by Gasteiger charge is 2.26. The fourth-order valence-corrected chi connectivity index (χ4v) is 3.91. The van der Waals surface area contributed by atoms with Crippen LogP contribution in [0.15, 0.2) is 48.5 Å². The number of benzene rings is 2. The zero-order valence-electron chi connectivity index (χ0n) is 12.1. The monoisotopic (exact) mass is 316 g/mol. The summed E-state index contributed by atoms with van der Waals surface area (Å²) in [4.78, 5) is 0.973. The van der Waals surface area contributed by atoms with Crippen LogP contribution in [0.1, 0.15) is 22.9 Å². The van der Waals surface area contributed by atoms with Crippen molar-refractivity contribution in [2.75, 3.05) is 0 Å². The van der Waals surface area contributed by atoms with Crippen molar-refractivity contribution in [1.29, 1.82) is 0 Å². The quantitative estimate of drug-likeness (QED) is 0.694. The topological polar surface area (TPSA) is 20.2 Å². The van der Waals surface area contributed by atoms with E-state index in [2.05, 4.69) is 18.2 Å². The Morgan fingerprint density at radius 3 is 2.62 bits per heavy atom. The molecule has 1 atom stereocenters. The fraction of sp³-hybridized carbons (Fsp3) is 0.222. The van der Waals surface area contributed by atoms with Gasteiger partial charge in [-0.25, -0.2) is 0 Å². The van der Waals surface area contributed by atoms with Gasteiger partial charge in [-0.15, -0.1) is 11.3 Å². The zero-order chi connectivity index (χ0) is 15.0. The lowest BCUT2D eigenvalue weighted by atomic mass is 9.94. The van der Waals surface area contributed by atoms with Gasteiger partial charge in [0.2, 0.25) is 0 Å². The molecule has 3 rings (SSSR count). The third-order valence-electron chi connectivity index (χ3n) is 3.70. The second-order valence-corrected chi connectivity index (χ2v) is 7.18. The second kappa shape index (κ2) is 5.45. The molecule has 0 spiro atoms. The third-order valence-corrected chi connectivity index (χ3v) is 5.42. The maximum absolute atomic E-state index is 10.9. The van der Waals surface area contributed by atoms with Gasteiger partial charge in [0, 0.05) is 21.0 Å². The molecule has 1 nitrogen and oxygen atoms in total. The summed E-state index contributed by atoms with van der Waals surface area (Å²) in [6.07, 6.45) is 0.513. The smallest absolute Gasteiger partial charge is 0.100 e. The predicted octanol–water partition coefficient (Wildman–Crippen LogP) is 5.31. The fourth-order valence-electron chi connectivity index (χ4n) is 2.50. The van der Waals surface area contributed by atoms with Gasteiger partial charge < -0.3 is 5.11 Å². The second-order valence-electron chi connectivity index (χ2n) is 5.69. The zero-order valence-corrected chi connectivity index (χ0v) is 13.6. The van der Waals surface area contributed by atoms with Gasteiger partial charge in [0.05, 0.1) is 0 Å². The Hall–Kier alpha value is -1.35. The number of thiophene rings is 1. The maximum atomic E-state index is 10.9. The van der Waals surface area contributed by atoms with E-state index in [0.29, 0.717) is 6.42 Å². The van der Waals surface area contributed by atoms with Crippen LogP contribution >= 0.6 is 22.9 Å². The number of aliphatic hydroxyl groups is 1. The van der Waals surface area contributed by atoms with Crippen LogP contribution in [-0.4, -0.2) is 5.11 Å². The predicted molar refractivity (Wildman–Crippen MR) is 91.3 cm³/mol. The Morgan fingerprint density at radius 1 is 1.14 bits per heavy atom. The average molecular weight is 317 g/mol. The Kier molecular flexibility index (Phi) is 3.78. The highest BCUT2D eigenvalue weighted by Crippen LogP contribution is 2.36. The Balaban J connectivity index is 1.95. The molecule has 1 aromatic heterocycles. The lowest BCUT2D eigenvalue weighted by Crippen LogP contribution is -2.23. The molecule has 0 saturated carbocycles. The van der Waals surface area contributed by atoms with Crippen molar-refractivity contribution >= 4 is 33.0 Å². The van der Waals surface area contributed by atoms with Gasteiger partial charge in [0.25, 0.3) is 0 Å². The van der Waals surface area contributed by atoms with E-state index < -0.39 is 5.60 Å². The molecule has 2 aromatic carbocycles. The summed E-state index contributed by atoms with van der Waals surface area (Å²) in [6.45, 7) is 3.87. The number of halogens is 1. The molecular weight excluding hydrogens is 300 g/mol. The molecule has 0 bridgehead atoms. The molecule has 1 heterocycles. The van der Waals surface area contributed by atoms with E-state index >= 15 is 0 Å². The van der Waals surface area contributed by atoms with Crippen molar-refractivity contribution in [3.8, 4) is 0 Å². The molecule has 0 aliphatic rings. The highest BCUT2D eigenvalue weighted by molar-refractivity contribution is 7.19. The largest absolute Gasteiger partial charge is 0.384 e. The first kappa shape index (κ1) is 14.6. The van der Waals surface area contributed by atoms with Crippen LogP contribution in [-0.2, 0) is 12.0 Å². The molecule has 0 saturated heterocycles. The van der Waals surface area contributed by atoms with Gasteiger partial charge >= 0.3 is 0 Å². The van der Waals surface area contributed by atoms with E-state index in [1.165, 1.54) is 10.1 Å². The summed E-state index contributed by atoms with van der Waals surface area (Å²) >= 11 is 7.93. The Morgan fingerprint density at radius 2 is 1.90 bits per heavy atom. The van der Waals surface area contributed by atoms with Gasteiger partial charge in [0.1, 0.15) is 5.60 Å². The van der Waals surface area contributed by atoms with E-state index in [9.17, 15) is 5.11 Å². The van der Waals surface area contributed by atoms with E-state index in [-0.39, 0.29) is 0 Å². The van der Waals surface area contributed by atoms with Crippen LogP contribution < -0.4 is 0 Å². The summed E-state index contributed by atoms with van der Waals surface area (Å²) in [5, 5.41) is 12.8. The molecule has 3 heteroatoms. The van der Waals surface area contributed by atoms with Crippen molar-refractivity contribution in [2.45, 2.75) is 25.9 Å². The SMILES string of the molecule is Cc1ccc(CC(C)(O)c2cc3ccccc3s2)c(Cl)c1. The Labute approximate surface area is 133 Å². The molecule has 21 heavy (non-hydrogen) atoms. The number of hydrogen-bond donors (Lipinski definition) is 1. The number of hydrogen-bond acceptors (Lipinski definition) is 2. The van der Waals surface area contributed by atoms with Crippen LogP contribution in [0.5, 0.6) is 0 Å². The number of fused-ring (bicyclic) bond motifs is 1. The van der Waals surface area contributed by atoms with Gasteiger partial charge in [-0.2, -0.15) is 0 Å². The molecule has 1 N–H and O–H groups in total. The van der Waals surface area contributed by atoms with E-state index in [4.69, 9.17) is 11.6 Å². The van der Waals surface area contributed by atoms with Gasteiger partial charge in [-0.1, -0.05) is 41.9 Å². The standard InChI is InChI=1S/C18H17ClOS/c1-12-7-8-14(15(19)9-12)11-18(2,20)17-10-13-5-3-4-6-16(13)21-17/h3-10,20H,11H2,1-2H3. The molecule has 1 unspecified atom stereocenters. The summed E-state index contributed by atoms with van der Waals surface area (Å²) in [6, 6.07) is 16.2. The van der Waals surface area contributed by atoms with Crippen molar-refractivity contribution in [3.05, 3.63) is 69.6 Å². The molecule has 3 aromatic rings. The number of aryl methyl sites for hydroxylation is 1. The van der Waals surface area contributed by atoms with Crippen LogP contribution in [0, 0.1) is 6.92 Å². The van der Waals surface area contributed by atoms with Crippen molar-refractivity contribution in [2.24, 2.45) is 0 Å². The minimum Gasteiger partial charge on any atom is -0.384 e. The average Bonchev–Trinajstić information content (AvgIpc) is 2.87. The lowest BCUT2D eigenvalue weighted by Gasteiger charge is -2.22. The van der Waals surface area contributed by atoms with Gasteiger partial charge in [-0.3, -0.25) is 0 Å². The summed E-state index contributed by atoms with van der Waals surface area (Å²) in [5.41, 5.74) is 1.19. The van der Waals surface area contributed by atoms with E-state index in [0.717, 1.165) is 21.0 Å². The summed E-state index contributed by atoms with van der Waals surface area (Å²) < 4.78 is 1.20. The first-order valence-electron chi connectivity index (χ1n) is 6.92. The molecular formula is C18H17ClOS. The highest BCUT2D eigenvalue weighted by atomic mass is 35.5. The molecule has 0 aliphatic heterocycles. The van der Waals surface area contributed by atoms with Gasteiger partial charge in [-0.05, 0) is 48.6 Å². The summed E-state index contributed by atoms with van der Waals surface area (Å²) in [5.74, 6) is 0. The molecule has 0 aliphatic carbocycles. The first-order chi connectivity index (χ1) is 9.95. The van der Waals surface area contributed by atoms with Gasteiger partial charge in [0.15, 0.2) is 0 Å². The van der Waals surface area contributed by atoms with Crippen molar-refractivity contribution in [1.82, 2.24) is 0 Å². The van der Waals surface area contributed by atoms with Crippen LogP contribution in [0.4, 0.5) is 0 Å². The molecule has 0 amide bonds. The Bertz CT molecular complexity index is 756. The van der Waals surface area contributed by atoms with E-state index in [1.807, 2.05) is 44.2 Å². The van der Waals surface area contributed by atoms with Crippen molar-refractivity contribution in [3.63, 3.8) is 0 Å². The number of rotatable bonds is 3.